The average Bonchev–Trinajstić information content (AvgIpc) is 2.81. The van der Waals surface area contributed by atoms with Crippen molar-refractivity contribution >= 4 is 11.6 Å². The van der Waals surface area contributed by atoms with Gasteiger partial charge in [0.15, 0.2) is 0 Å². The fraction of sp³-hybridized carbons (Fsp3) is 0.286. The van der Waals surface area contributed by atoms with Crippen molar-refractivity contribution in [2.24, 2.45) is 0 Å². The molecule has 0 amide bonds. The Bertz CT molecular complexity index is 1540. The van der Waals surface area contributed by atoms with Gasteiger partial charge in [-0.25, -0.2) is 9.97 Å². The van der Waals surface area contributed by atoms with Gasteiger partial charge in [-0.3, -0.25) is 14.3 Å². The van der Waals surface area contributed by atoms with Crippen LogP contribution in [-0.2, 0) is 12.2 Å². The van der Waals surface area contributed by atoms with Crippen molar-refractivity contribution in [3.8, 4) is 22.8 Å². The molecular formula is C28H28ClFN4O3. The molecule has 37 heavy (non-hydrogen) atoms. The first-order valence-electron chi connectivity index (χ1n) is 11.7. The summed E-state index contributed by atoms with van der Waals surface area (Å²) in [7, 11) is 0. The van der Waals surface area contributed by atoms with E-state index in [9.17, 15) is 14.3 Å². The summed E-state index contributed by atoms with van der Waals surface area (Å²) in [6, 6.07) is 10.1. The number of ether oxygens (including phenoxy) is 1. The second-order valence-electron chi connectivity index (χ2n) is 9.63. The van der Waals surface area contributed by atoms with Crippen molar-refractivity contribution in [3.63, 3.8) is 0 Å². The predicted octanol–water partition coefficient (Wildman–Crippen LogP) is 5.52. The van der Waals surface area contributed by atoms with Gasteiger partial charge in [-0.15, -0.1) is 0 Å². The number of rotatable bonds is 6. The third-order valence-electron chi connectivity index (χ3n) is 5.95. The van der Waals surface area contributed by atoms with Gasteiger partial charge in [0.05, 0.1) is 28.5 Å². The fourth-order valence-electron chi connectivity index (χ4n) is 4.02. The number of aryl methyl sites for hydroxylation is 4. The lowest BCUT2D eigenvalue weighted by Gasteiger charge is -2.19. The van der Waals surface area contributed by atoms with Gasteiger partial charge in [-0.1, -0.05) is 17.7 Å². The van der Waals surface area contributed by atoms with Crippen molar-refractivity contribution < 1.29 is 14.2 Å². The van der Waals surface area contributed by atoms with Crippen LogP contribution < -0.4 is 10.3 Å². The van der Waals surface area contributed by atoms with Crippen LogP contribution in [-0.4, -0.2) is 24.6 Å². The van der Waals surface area contributed by atoms with Crippen molar-refractivity contribution in [1.29, 1.82) is 0 Å². The van der Waals surface area contributed by atoms with E-state index in [2.05, 4.69) is 15.0 Å². The van der Waals surface area contributed by atoms with E-state index in [0.29, 0.717) is 39.7 Å². The van der Waals surface area contributed by atoms with Crippen LogP contribution in [0.4, 0.5) is 4.39 Å². The van der Waals surface area contributed by atoms with Gasteiger partial charge in [0.2, 0.25) is 5.95 Å². The molecule has 0 aliphatic carbocycles. The molecule has 192 valence electrons. The smallest absolute Gasteiger partial charge is 0.277 e. The number of hydrogen-bond acceptors (Lipinski definition) is 6. The normalized spacial score (nSPS) is 11.6. The Labute approximate surface area is 219 Å². The van der Waals surface area contributed by atoms with Crippen LogP contribution in [0, 0.1) is 33.6 Å². The highest BCUT2D eigenvalue weighted by molar-refractivity contribution is 6.31. The SMILES string of the molecule is Cc1cc(F)nc(COc2cc(C)n(-c3cc(-c4nc(C(C)(C)O)ccc4C)ncc3C)c(=O)c2Cl)c1. The van der Waals surface area contributed by atoms with E-state index in [4.69, 9.17) is 16.3 Å². The quantitative estimate of drug-likeness (QED) is 0.335. The zero-order chi connectivity index (χ0) is 27.1. The zero-order valence-corrected chi connectivity index (χ0v) is 22.3. The standard InChI is InChI=1S/C28H28ClFN4O3/c1-15-9-19(32-24(30)10-15)14-37-22-11-18(4)34(27(35)25(22)29)21-12-20(31-13-17(21)3)26-16(2)7-8-23(33-26)28(5,6)36/h7-13,36H,14H2,1-6H3. The third kappa shape index (κ3) is 5.55. The monoisotopic (exact) mass is 522 g/mol. The summed E-state index contributed by atoms with van der Waals surface area (Å²) >= 11 is 6.45. The second-order valence-corrected chi connectivity index (χ2v) is 10.0. The summed E-state index contributed by atoms with van der Waals surface area (Å²) < 4.78 is 20.9. The Hall–Kier alpha value is -3.62. The molecule has 0 saturated carbocycles. The van der Waals surface area contributed by atoms with Gasteiger partial charge >= 0.3 is 0 Å². The van der Waals surface area contributed by atoms with Crippen LogP contribution in [0.1, 0.15) is 47.6 Å². The minimum Gasteiger partial charge on any atom is -0.485 e. The second kappa shape index (κ2) is 10.0. The van der Waals surface area contributed by atoms with Crippen LogP contribution in [0.15, 0.2) is 47.4 Å². The number of aliphatic hydroxyl groups is 1. The Kier molecular flexibility index (Phi) is 7.17. The number of aromatic nitrogens is 4. The molecule has 4 aromatic rings. The molecule has 4 rings (SSSR count). The first-order chi connectivity index (χ1) is 17.3. The molecule has 4 aromatic heterocycles. The van der Waals surface area contributed by atoms with Gasteiger partial charge in [0, 0.05) is 18.0 Å². The van der Waals surface area contributed by atoms with Crippen LogP contribution >= 0.6 is 11.6 Å². The summed E-state index contributed by atoms with van der Waals surface area (Å²) in [6.07, 6.45) is 1.67. The molecule has 0 saturated heterocycles. The maximum absolute atomic E-state index is 13.6. The number of pyridine rings is 4. The highest BCUT2D eigenvalue weighted by Crippen LogP contribution is 2.29. The van der Waals surface area contributed by atoms with E-state index in [0.717, 1.165) is 11.1 Å². The summed E-state index contributed by atoms with van der Waals surface area (Å²) in [6.45, 7) is 10.6. The summed E-state index contributed by atoms with van der Waals surface area (Å²) in [5.74, 6) is -0.412. The third-order valence-corrected chi connectivity index (χ3v) is 6.30. The molecule has 4 heterocycles. The van der Waals surface area contributed by atoms with Crippen molar-refractivity contribution in [3.05, 3.63) is 97.7 Å². The molecule has 0 spiro atoms. The van der Waals surface area contributed by atoms with Gasteiger partial charge in [0.1, 0.15) is 23.0 Å². The van der Waals surface area contributed by atoms with E-state index >= 15 is 0 Å². The van der Waals surface area contributed by atoms with Gasteiger partial charge in [0.25, 0.3) is 5.56 Å². The average molecular weight is 523 g/mol. The number of halogens is 2. The molecule has 0 aliphatic heterocycles. The predicted molar refractivity (Wildman–Crippen MR) is 141 cm³/mol. The minimum absolute atomic E-state index is 0.0395. The van der Waals surface area contributed by atoms with E-state index in [-0.39, 0.29) is 17.4 Å². The topological polar surface area (TPSA) is 90.1 Å². The zero-order valence-electron chi connectivity index (χ0n) is 21.6. The van der Waals surface area contributed by atoms with Crippen molar-refractivity contribution in [2.45, 2.75) is 53.8 Å². The van der Waals surface area contributed by atoms with Crippen LogP contribution in [0.3, 0.4) is 0 Å². The maximum atomic E-state index is 13.6. The lowest BCUT2D eigenvalue weighted by molar-refractivity contribution is 0.0739. The van der Waals surface area contributed by atoms with Crippen LogP contribution in [0.2, 0.25) is 5.02 Å². The molecule has 0 bridgehead atoms. The lowest BCUT2D eigenvalue weighted by Crippen LogP contribution is -2.23. The molecule has 9 heteroatoms. The Morgan fingerprint density at radius 2 is 1.78 bits per heavy atom. The molecule has 0 radical (unpaired) electrons. The van der Waals surface area contributed by atoms with Gasteiger partial charge in [-0.2, -0.15) is 4.39 Å². The first-order valence-corrected chi connectivity index (χ1v) is 12.1. The van der Waals surface area contributed by atoms with E-state index in [1.54, 1.807) is 58.2 Å². The summed E-state index contributed by atoms with van der Waals surface area (Å²) in [5.41, 5.74) is 4.01. The molecule has 1 N–H and O–H groups in total. The van der Waals surface area contributed by atoms with E-state index in [1.165, 1.54) is 10.6 Å². The molecular weight excluding hydrogens is 495 g/mol. The van der Waals surface area contributed by atoms with Crippen LogP contribution in [0.5, 0.6) is 5.75 Å². The number of hydrogen-bond donors (Lipinski definition) is 1. The van der Waals surface area contributed by atoms with Crippen LogP contribution in [0.25, 0.3) is 17.1 Å². The number of nitrogens with zero attached hydrogens (tertiary/aromatic N) is 4. The lowest BCUT2D eigenvalue weighted by atomic mass is 10.0. The van der Waals surface area contributed by atoms with Crippen molar-refractivity contribution in [1.82, 2.24) is 19.5 Å². The summed E-state index contributed by atoms with van der Waals surface area (Å²) in [5, 5.41) is 10.3. The molecule has 0 aromatic carbocycles. The largest absolute Gasteiger partial charge is 0.485 e. The molecule has 7 nitrogen and oxygen atoms in total. The van der Waals surface area contributed by atoms with Gasteiger partial charge < -0.3 is 9.84 Å². The minimum atomic E-state index is -1.12. The Morgan fingerprint density at radius 1 is 1.05 bits per heavy atom. The Balaban J connectivity index is 1.75. The fourth-order valence-corrected chi connectivity index (χ4v) is 4.21. The molecule has 0 aliphatic rings. The van der Waals surface area contributed by atoms with E-state index < -0.39 is 17.1 Å². The maximum Gasteiger partial charge on any atom is 0.277 e. The molecule has 0 unspecified atom stereocenters. The van der Waals surface area contributed by atoms with Crippen molar-refractivity contribution in [2.75, 3.05) is 0 Å². The Morgan fingerprint density at radius 3 is 2.46 bits per heavy atom. The van der Waals surface area contributed by atoms with E-state index in [1.807, 2.05) is 19.9 Å². The highest BCUT2D eigenvalue weighted by atomic mass is 35.5. The first kappa shape index (κ1) is 26.4. The van der Waals surface area contributed by atoms with Gasteiger partial charge in [-0.05, 0) is 82.5 Å². The summed E-state index contributed by atoms with van der Waals surface area (Å²) in [4.78, 5) is 26.4. The molecule has 0 fully saturated rings. The molecule has 0 atom stereocenters. The highest BCUT2D eigenvalue weighted by Gasteiger charge is 2.21.